The zero-order valence-electron chi connectivity index (χ0n) is 25.2. The molecule has 0 saturated heterocycles. The van der Waals surface area contributed by atoms with Gasteiger partial charge in [-0.15, -0.1) is 11.3 Å². The van der Waals surface area contributed by atoms with Gasteiger partial charge in [0.2, 0.25) is 0 Å². The van der Waals surface area contributed by atoms with Crippen molar-refractivity contribution < 1.29 is 4.57 Å². The van der Waals surface area contributed by atoms with Crippen LogP contribution in [0.25, 0.3) is 84.8 Å². The zero-order chi connectivity index (χ0) is 30.9. The molecule has 0 N–H and O–H groups in total. The lowest BCUT2D eigenvalue weighted by Gasteiger charge is -2.25. The van der Waals surface area contributed by atoms with Crippen molar-refractivity contribution in [3.05, 3.63) is 152 Å². The standard InChI is InChI=1S/C44H25OPS/c45-46(32-19-24-40-36(25-32)33-9-1-2-10-39(33)47-40,37-22-17-30-13-11-26-5-3-7-28-15-20-34(37)43(30)41(26)28)38-23-18-31-14-12-27-6-4-8-29-16-21-35(38)44(31)42(27)29/h1-25H. The highest BCUT2D eigenvalue weighted by Gasteiger charge is 2.34. The van der Waals surface area contributed by atoms with Crippen LogP contribution in [-0.2, 0) is 4.57 Å². The first-order valence-electron chi connectivity index (χ1n) is 16.0. The second-order valence-electron chi connectivity index (χ2n) is 12.8. The highest BCUT2D eigenvalue weighted by atomic mass is 32.1. The van der Waals surface area contributed by atoms with E-state index in [0.29, 0.717) is 0 Å². The summed E-state index contributed by atoms with van der Waals surface area (Å²) in [5.41, 5.74) is 0. The minimum atomic E-state index is -3.45. The molecule has 0 unspecified atom stereocenters. The SMILES string of the molecule is O=P(c1ccc2sc3ccccc3c2c1)(c1ccc2ccc3cccc4ccc1c2c34)c1ccc2ccc3cccc4ccc1c2c34. The van der Waals surface area contributed by atoms with Crippen LogP contribution >= 0.6 is 18.5 Å². The van der Waals surface area contributed by atoms with E-state index in [1.807, 2.05) is 0 Å². The lowest BCUT2D eigenvalue weighted by molar-refractivity contribution is 0.593. The van der Waals surface area contributed by atoms with Gasteiger partial charge >= 0.3 is 0 Å². The van der Waals surface area contributed by atoms with Gasteiger partial charge in [-0.05, 0) is 101 Å². The van der Waals surface area contributed by atoms with E-state index in [9.17, 15) is 0 Å². The summed E-state index contributed by atoms with van der Waals surface area (Å²) in [6, 6.07) is 54.4. The van der Waals surface area contributed by atoms with Gasteiger partial charge in [-0.25, -0.2) is 0 Å². The zero-order valence-corrected chi connectivity index (χ0v) is 26.9. The first-order chi connectivity index (χ1) is 23.2. The number of thiophene rings is 1. The molecule has 0 radical (unpaired) electrons. The normalized spacial score (nSPS) is 12.8. The van der Waals surface area contributed by atoms with Crippen LogP contribution in [-0.4, -0.2) is 0 Å². The molecule has 1 nitrogen and oxygen atoms in total. The molecule has 0 aliphatic heterocycles. The first-order valence-corrected chi connectivity index (χ1v) is 18.6. The molecule has 0 atom stereocenters. The second-order valence-corrected chi connectivity index (χ2v) is 16.6. The number of rotatable bonds is 3. The molecule has 218 valence electrons. The lowest BCUT2D eigenvalue weighted by atomic mass is 9.94. The Morgan fingerprint density at radius 2 is 0.830 bits per heavy atom. The average Bonchev–Trinajstić information content (AvgIpc) is 3.50. The predicted octanol–water partition coefficient (Wildman–Crippen LogP) is 11.5. The minimum absolute atomic E-state index is 0.874. The largest absolute Gasteiger partial charge is 0.309 e. The van der Waals surface area contributed by atoms with E-state index in [0.717, 1.165) is 26.7 Å². The van der Waals surface area contributed by atoms with E-state index in [2.05, 4.69) is 152 Å². The third-order valence-electron chi connectivity index (χ3n) is 10.4. The first kappa shape index (κ1) is 25.9. The summed E-state index contributed by atoms with van der Waals surface area (Å²) in [6.45, 7) is 0. The summed E-state index contributed by atoms with van der Waals surface area (Å²) in [5.74, 6) is 0. The summed E-state index contributed by atoms with van der Waals surface area (Å²) in [5, 5.41) is 19.2. The molecule has 0 amide bonds. The second kappa shape index (κ2) is 9.17. The fourth-order valence-corrected chi connectivity index (χ4v) is 12.4. The minimum Gasteiger partial charge on any atom is -0.309 e. The van der Waals surface area contributed by atoms with Crippen molar-refractivity contribution in [3.63, 3.8) is 0 Å². The Balaban J connectivity index is 1.32. The third kappa shape index (κ3) is 3.37. The van der Waals surface area contributed by atoms with Crippen molar-refractivity contribution in [1.29, 1.82) is 0 Å². The summed E-state index contributed by atoms with van der Waals surface area (Å²) in [6.07, 6.45) is 0. The fourth-order valence-electron chi connectivity index (χ4n) is 8.31. The van der Waals surface area contributed by atoms with Crippen LogP contribution in [0.2, 0.25) is 0 Å². The van der Waals surface area contributed by atoms with Gasteiger partial charge in [0.1, 0.15) is 0 Å². The van der Waals surface area contributed by atoms with E-state index in [1.54, 1.807) is 11.3 Å². The molecule has 0 aliphatic carbocycles. The van der Waals surface area contributed by atoms with Crippen molar-refractivity contribution in [2.75, 3.05) is 0 Å². The summed E-state index contributed by atoms with van der Waals surface area (Å²) in [4.78, 5) is 0. The highest BCUT2D eigenvalue weighted by molar-refractivity contribution is 7.86. The molecule has 0 bridgehead atoms. The molecule has 1 heterocycles. The van der Waals surface area contributed by atoms with Crippen LogP contribution < -0.4 is 15.9 Å². The van der Waals surface area contributed by atoms with Crippen LogP contribution in [0.15, 0.2) is 152 Å². The maximum Gasteiger partial charge on any atom is 0.172 e. The molecule has 0 aliphatic rings. The van der Waals surface area contributed by atoms with E-state index in [4.69, 9.17) is 0 Å². The Hall–Kier alpha value is -5.27. The summed E-state index contributed by atoms with van der Waals surface area (Å²) < 4.78 is 19.3. The molecule has 1 aromatic heterocycles. The van der Waals surface area contributed by atoms with Crippen LogP contribution in [0.5, 0.6) is 0 Å². The summed E-state index contributed by atoms with van der Waals surface area (Å²) >= 11 is 1.80. The molecular formula is C44H25OPS. The third-order valence-corrected chi connectivity index (χ3v) is 14.7. The van der Waals surface area contributed by atoms with Gasteiger partial charge in [0, 0.05) is 36.1 Å². The van der Waals surface area contributed by atoms with Gasteiger partial charge in [-0.2, -0.15) is 0 Å². The van der Waals surface area contributed by atoms with Crippen molar-refractivity contribution in [3.8, 4) is 0 Å². The molecular weight excluding hydrogens is 608 g/mol. The molecule has 0 saturated carbocycles. The molecule has 0 fully saturated rings. The maximum atomic E-state index is 16.8. The number of fused-ring (bicyclic) bond motifs is 3. The molecule has 3 heteroatoms. The van der Waals surface area contributed by atoms with Crippen molar-refractivity contribution in [1.82, 2.24) is 0 Å². The quantitative estimate of drug-likeness (QED) is 0.140. The van der Waals surface area contributed by atoms with Gasteiger partial charge in [-0.1, -0.05) is 115 Å². The van der Waals surface area contributed by atoms with Gasteiger partial charge < -0.3 is 4.57 Å². The molecule has 11 aromatic rings. The summed E-state index contributed by atoms with van der Waals surface area (Å²) in [7, 11) is -3.45. The predicted molar refractivity (Wildman–Crippen MR) is 206 cm³/mol. The van der Waals surface area contributed by atoms with Crippen LogP contribution in [0.1, 0.15) is 0 Å². The van der Waals surface area contributed by atoms with Gasteiger partial charge in [-0.3, -0.25) is 0 Å². The topological polar surface area (TPSA) is 17.1 Å². The fraction of sp³-hybridized carbons (Fsp3) is 0. The van der Waals surface area contributed by atoms with Crippen LogP contribution in [0, 0.1) is 0 Å². The molecule has 0 spiro atoms. The smallest absolute Gasteiger partial charge is 0.172 e. The van der Waals surface area contributed by atoms with E-state index < -0.39 is 7.14 Å². The highest BCUT2D eigenvalue weighted by Crippen LogP contribution is 2.50. The average molecular weight is 633 g/mol. The van der Waals surface area contributed by atoms with E-state index in [1.165, 1.54) is 74.0 Å². The Bertz CT molecular complexity index is 2930. The van der Waals surface area contributed by atoms with Crippen molar-refractivity contribution in [2.45, 2.75) is 0 Å². The van der Waals surface area contributed by atoms with Crippen LogP contribution in [0.3, 0.4) is 0 Å². The monoisotopic (exact) mass is 632 g/mol. The van der Waals surface area contributed by atoms with Crippen molar-refractivity contribution in [2.24, 2.45) is 0 Å². The Labute approximate surface area is 274 Å². The van der Waals surface area contributed by atoms with Crippen molar-refractivity contribution >= 4 is 119 Å². The molecule has 47 heavy (non-hydrogen) atoms. The number of hydrogen-bond donors (Lipinski definition) is 0. The van der Waals surface area contributed by atoms with Crippen LogP contribution in [0.4, 0.5) is 0 Å². The maximum absolute atomic E-state index is 16.8. The Morgan fingerprint density at radius 1 is 0.362 bits per heavy atom. The Kier molecular flexibility index (Phi) is 5.05. The van der Waals surface area contributed by atoms with Gasteiger partial charge in [0.05, 0.1) is 0 Å². The van der Waals surface area contributed by atoms with E-state index in [-0.39, 0.29) is 0 Å². The molecule has 10 aromatic carbocycles. The number of hydrogen-bond acceptors (Lipinski definition) is 2. The molecule has 11 rings (SSSR count). The number of benzene rings is 10. The lowest BCUT2D eigenvalue weighted by Crippen LogP contribution is -2.26. The van der Waals surface area contributed by atoms with Gasteiger partial charge in [0.15, 0.2) is 7.14 Å². The van der Waals surface area contributed by atoms with Gasteiger partial charge in [0.25, 0.3) is 0 Å². The Morgan fingerprint density at radius 3 is 1.40 bits per heavy atom. The van der Waals surface area contributed by atoms with E-state index >= 15 is 4.57 Å².